The Morgan fingerprint density at radius 1 is 1.14 bits per heavy atom. The molecular formula is C17H14Br2OS. The van der Waals surface area contributed by atoms with Crippen LogP contribution in [-0.4, -0.2) is 6.61 Å². The lowest BCUT2D eigenvalue weighted by Crippen LogP contribution is -1.95. The molecule has 1 nitrogen and oxygen atoms in total. The molecule has 21 heavy (non-hydrogen) atoms. The lowest BCUT2D eigenvalue weighted by Gasteiger charge is -2.12. The summed E-state index contributed by atoms with van der Waals surface area (Å²) in [7, 11) is 0. The average Bonchev–Trinajstić information content (AvgIpc) is 2.91. The zero-order chi connectivity index (χ0) is 14.8. The summed E-state index contributed by atoms with van der Waals surface area (Å²) in [5.41, 5.74) is 1.21. The maximum Gasteiger partial charge on any atom is 0.120 e. The van der Waals surface area contributed by atoms with E-state index in [2.05, 4.69) is 68.3 Å². The third-order valence-electron chi connectivity index (χ3n) is 3.25. The van der Waals surface area contributed by atoms with E-state index in [1.165, 1.54) is 20.5 Å². The Morgan fingerprint density at radius 2 is 1.95 bits per heavy atom. The van der Waals surface area contributed by atoms with E-state index < -0.39 is 0 Å². The number of rotatable bonds is 4. The molecule has 2 aromatic carbocycles. The molecule has 1 atom stereocenters. The van der Waals surface area contributed by atoms with Crippen molar-refractivity contribution in [1.82, 2.24) is 0 Å². The first-order valence-electron chi connectivity index (χ1n) is 6.74. The van der Waals surface area contributed by atoms with Gasteiger partial charge in [-0.3, -0.25) is 0 Å². The number of ether oxygens (including phenoxy) is 1. The molecule has 0 fully saturated rings. The van der Waals surface area contributed by atoms with Gasteiger partial charge in [0.15, 0.2) is 0 Å². The third-order valence-corrected chi connectivity index (χ3v) is 6.41. The maximum absolute atomic E-state index is 5.53. The van der Waals surface area contributed by atoms with Crippen LogP contribution in [0.15, 0.2) is 53.0 Å². The first-order valence-corrected chi connectivity index (χ1v) is 9.26. The summed E-state index contributed by atoms with van der Waals surface area (Å²) in [6.45, 7) is 2.67. The Bertz CT molecular complexity index is 733. The quantitative estimate of drug-likeness (QED) is 0.430. The molecular weight excluding hydrogens is 412 g/mol. The van der Waals surface area contributed by atoms with Crippen LogP contribution < -0.4 is 4.74 Å². The van der Waals surface area contributed by atoms with Crippen molar-refractivity contribution in [1.29, 1.82) is 0 Å². The van der Waals surface area contributed by atoms with Crippen molar-refractivity contribution in [3.05, 3.63) is 63.4 Å². The summed E-state index contributed by atoms with van der Waals surface area (Å²) < 4.78 is 7.91. The van der Waals surface area contributed by atoms with Crippen LogP contribution in [0.4, 0.5) is 0 Å². The van der Waals surface area contributed by atoms with Crippen LogP contribution in [0.2, 0.25) is 0 Å². The van der Waals surface area contributed by atoms with E-state index in [4.69, 9.17) is 4.74 Å². The Balaban J connectivity index is 1.95. The fourth-order valence-corrected chi connectivity index (χ4v) is 5.02. The number of halogens is 2. The van der Waals surface area contributed by atoms with Crippen molar-refractivity contribution in [2.45, 2.75) is 11.8 Å². The molecule has 0 saturated heterocycles. The van der Waals surface area contributed by atoms with Crippen LogP contribution in [-0.2, 0) is 0 Å². The van der Waals surface area contributed by atoms with E-state index in [1.54, 1.807) is 0 Å². The van der Waals surface area contributed by atoms with E-state index in [0.29, 0.717) is 6.61 Å². The standard InChI is InChI=1S/C17H14Br2OS/c1-2-20-12-7-8-13(14(18)10-12)17(19)16-9-11-5-3-4-6-15(11)21-16/h3-10,17H,2H2,1H3. The molecule has 0 N–H and O–H groups in total. The lowest BCUT2D eigenvalue weighted by molar-refractivity contribution is 0.340. The van der Waals surface area contributed by atoms with Gasteiger partial charge in [-0.25, -0.2) is 0 Å². The zero-order valence-corrected chi connectivity index (χ0v) is 15.5. The molecule has 0 radical (unpaired) electrons. The SMILES string of the molecule is CCOc1ccc(C(Br)c2cc3ccccc3s2)c(Br)c1. The normalized spacial score (nSPS) is 12.5. The van der Waals surface area contributed by atoms with Gasteiger partial charge in [-0.15, -0.1) is 11.3 Å². The van der Waals surface area contributed by atoms with E-state index in [1.807, 2.05) is 30.4 Å². The minimum atomic E-state index is 0.181. The summed E-state index contributed by atoms with van der Waals surface area (Å²) in [5, 5.41) is 1.30. The van der Waals surface area contributed by atoms with Gasteiger partial charge in [-0.2, -0.15) is 0 Å². The van der Waals surface area contributed by atoms with Crippen molar-refractivity contribution in [2.75, 3.05) is 6.61 Å². The van der Waals surface area contributed by atoms with E-state index in [0.717, 1.165) is 10.2 Å². The zero-order valence-electron chi connectivity index (χ0n) is 11.5. The molecule has 108 valence electrons. The highest BCUT2D eigenvalue weighted by Gasteiger charge is 2.16. The molecule has 0 saturated carbocycles. The van der Waals surface area contributed by atoms with Crippen LogP contribution in [0.3, 0.4) is 0 Å². The highest BCUT2D eigenvalue weighted by molar-refractivity contribution is 9.11. The highest BCUT2D eigenvalue weighted by atomic mass is 79.9. The predicted octanol–water partition coefficient (Wildman–Crippen LogP) is 6.55. The topological polar surface area (TPSA) is 9.23 Å². The molecule has 0 amide bonds. The van der Waals surface area contributed by atoms with Gasteiger partial charge in [-0.1, -0.05) is 56.1 Å². The number of thiophene rings is 1. The van der Waals surface area contributed by atoms with Crippen molar-refractivity contribution in [3.8, 4) is 5.75 Å². The van der Waals surface area contributed by atoms with Gasteiger partial charge in [0.05, 0.1) is 11.4 Å². The largest absolute Gasteiger partial charge is 0.494 e. The molecule has 1 unspecified atom stereocenters. The van der Waals surface area contributed by atoms with Gasteiger partial charge < -0.3 is 4.74 Å². The molecule has 0 spiro atoms. The first-order chi connectivity index (χ1) is 10.2. The fraction of sp³-hybridized carbons (Fsp3) is 0.176. The minimum absolute atomic E-state index is 0.181. The Hall–Kier alpha value is -0.840. The Kier molecular flexibility index (Phi) is 4.67. The van der Waals surface area contributed by atoms with Gasteiger partial charge in [0.25, 0.3) is 0 Å². The van der Waals surface area contributed by atoms with Gasteiger partial charge in [0, 0.05) is 14.0 Å². The van der Waals surface area contributed by atoms with Crippen molar-refractivity contribution < 1.29 is 4.74 Å². The Morgan fingerprint density at radius 3 is 2.67 bits per heavy atom. The summed E-state index contributed by atoms with van der Waals surface area (Å²) in [6, 6.07) is 16.9. The third kappa shape index (κ3) is 3.17. The summed E-state index contributed by atoms with van der Waals surface area (Å²) in [6.07, 6.45) is 0. The number of hydrogen-bond donors (Lipinski definition) is 0. The van der Waals surface area contributed by atoms with Crippen LogP contribution in [0.1, 0.15) is 22.2 Å². The second-order valence-corrected chi connectivity index (χ2v) is 7.55. The smallest absolute Gasteiger partial charge is 0.120 e. The van der Waals surface area contributed by atoms with Crippen molar-refractivity contribution >= 4 is 53.3 Å². The van der Waals surface area contributed by atoms with Gasteiger partial charge in [0.2, 0.25) is 0 Å². The molecule has 0 bridgehead atoms. The van der Waals surface area contributed by atoms with Crippen molar-refractivity contribution in [3.63, 3.8) is 0 Å². The monoisotopic (exact) mass is 424 g/mol. The molecule has 0 aliphatic rings. The maximum atomic E-state index is 5.53. The van der Waals surface area contributed by atoms with Crippen LogP contribution in [0, 0.1) is 0 Å². The summed E-state index contributed by atoms with van der Waals surface area (Å²) in [4.78, 5) is 1.49. The fourth-order valence-electron chi connectivity index (χ4n) is 2.25. The molecule has 0 aliphatic heterocycles. The van der Waals surface area contributed by atoms with Crippen LogP contribution in [0.25, 0.3) is 10.1 Å². The van der Waals surface area contributed by atoms with Gasteiger partial charge in [-0.05, 0) is 42.1 Å². The molecule has 0 aliphatic carbocycles. The van der Waals surface area contributed by atoms with E-state index >= 15 is 0 Å². The number of benzene rings is 2. The summed E-state index contributed by atoms with van der Waals surface area (Å²) >= 11 is 9.30. The van der Waals surface area contributed by atoms with Crippen LogP contribution in [0.5, 0.6) is 5.75 Å². The minimum Gasteiger partial charge on any atom is -0.494 e. The number of hydrogen-bond acceptors (Lipinski definition) is 2. The summed E-state index contributed by atoms with van der Waals surface area (Å²) in [5.74, 6) is 0.893. The first kappa shape index (κ1) is 15.1. The van der Waals surface area contributed by atoms with Crippen LogP contribution >= 0.6 is 43.2 Å². The van der Waals surface area contributed by atoms with Gasteiger partial charge >= 0.3 is 0 Å². The molecule has 4 heteroatoms. The second-order valence-electron chi connectivity index (χ2n) is 4.67. The molecule has 3 rings (SSSR count). The van der Waals surface area contributed by atoms with Gasteiger partial charge in [0.1, 0.15) is 5.75 Å². The average molecular weight is 426 g/mol. The van der Waals surface area contributed by atoms with Crippen molar-refractivity contribution in [2.24, 2.45) is 0 Å². The number of fused-ring (bicyclic) bond motifs is 1. The van der Waals surface area contributed by atoms with E-state index in [-0.39, 0.29) is 4.83 Å². The second kappa shape index (κ2) is 6.51. The number of alkyl halides is 1. The molecule has 3 aromatic rings. The Labute approximate surface area is 145 Å². The predicted molar refractivity (Wildman–Crippen MR) is 97.9 cm³/mol. The van der Waals surface area contributed by atoms with E-state index in [9.17, 15) is 0 Å². The molecule has 1 aromatic heterocycles. The molecule has 1 heterocycles. The lowest BCUT2D eigenvalue weighted by atomic mass is 10.1. The highest BCUT2D eigenvalue weighted by Crippen LogP contribution is 2.41.